The van der Waals surface area contributed by atoms with E-state index in [1.54, 1.807) is 7.11 Å². The summed E-state index contributed by atoms with van der Waals surface area (Å²) in [5, 5.41) is 3.17. The topological polar surface area (TPSA) is 63.7 Å². The molecule has 0 saturated carbocycles. The molecule has 0 aliphatic carbocycles. The molecule has 0 spiro atoms. The Morgan fingerprint density at radius 2 is 1.68 bits per heavy atom. The second-order valence-corrected chi connectivity index (χ2v) is 9.27. The van der Waals surface area contributed by atoms with Crippen molar-refractivity contribution in [3.8, 4) is 5.75 Å². The van der Waals surface area contributed by atoms with E-state index in [-0.39, 0.29) is 24.6 Å². The summed E-state index contributed by atoms with van der Waals surface area (Å²) in [6, 6.07) is 31.9. The molecule has 2 heterocycles. The fourth-order valence-electron chi connectivity index (χ4n) is 5.15. The van der Waals surface area contributed by atoms with Crippen molar-refractivity contribution in [2.24, 2.45) is 5.92 Å². The van der Waals surface area contributed by atoms with Crippen molar-refractivity contribution in [2.45, 2.75) is 32.2 Å². The number of pyridine rings is 1. The maximum absolute atomic E-state index is 13.0. The van der Waals surface area contributed by atoms with E-state index in [9.17, 15) is 4.79 Å². The van der Waals surface area contributed by atoms with E-state index in [0.717, 1.165) is 28.3 Å². The van der Waals surface area contributed by atoms with E-state index in [0.29, 0.717) is 6.54 Å². The number of alkyl carbamates (subject to hydrolysis) is 1. The molecule has 37 heavy (non-hydrogen) atoms. The number of rotatable bonds is 7. The van der Waals surface area contributed by atoms with Crippen LogP contribution in [0.15, 0.2) is 103 Å². The van der Waals surface area contributed by atoms with Crippen LogP contribution in [0.1, 0.15) is 41.4 Å². The highest BCUT2D eigenvalue weighted by Gasteiger charge is 2.41. The van der Waals surface area contributed by atoms with Gasteiger partial charge in [0.25, 0.3) is 0 Å². The lowest BCUT2D eigenvalue weighted by Crippen LogP contribution is -2.45. The fourth-order valence-corrected chi connectivity index (χ4v) is 5.15. The summed E-state index contributed by atoms with van der Waals surface area (Å²) >= 11 is 0. The standard InChI is InChI=1S/C31H31N3O3/c1-22-29(33-31(35)37-21-23-11-5-3-6-12-23)27-19-26(36-2)16-17-28(27)34(20-25-15-9-10-18-32-25)30(22)24-13-7-4-8-14-24/h3-19,22,29-30H,20-21H2,1-2H3,(H,33,35)/t22-,29-,30-/m0/s1. The number of ether oxygens (including phenoxy) is 2. The predicted molar refractivity (Wildman–Crippen MR) is 144 cm³/mol. The zero-order valence-corrected chi connectivity index (χ0v) is 21.1. The molecule has 1 amide bonds. The van der Waals surface area contributed by atoms with Gasteiger partial charge in [0.1, 0.15) is 12.4 Å². The average Bonchev–Trinajstić information content (AvgIpc) is 2.95. The molecule has 1 aliphatic rings. The number of carbonyl (C=O) groups is 1. The summed E-state index contributed by atoms with van der Waals surface area (Å²) < 4.78 is 11.2. The molecule has 188 valence electrons. The first-order chi connectivity index (χ1) is 18.1. The Kier molecular flexibility index (Phi) is 7.36. The summed E-state index contributed by atoms with van der Waals surface area (Å²) in [7, 11) is 1.66. The molecule has 5 rings (SSSR count). The van der Waals surface area contributed by atoms with Crippen LogP contribution in [0.5, 0.6) is 5.75 Å². The van der Waals surface area contributed by atoms with Gasteiger partial charge in [0, 0.05) is 23.4 Å². The molecular formula is C31H31N3O3. The van der Waals surface area contributed by atoms with Gasteiger partial charge in [0.2, 0.25) is 0 Å². The van der Waals surface area contributed by atoms with Gasteiger partial charge < -0.3 is 19.7 Å². The largest absolute Gasteiger partial charge is 0.497 e. The van der Waals surface area contributed by atoms with E-state index in [1.807, 2.05) is 72.9 Å². The zero-order valence-electron chi connectivity index (χ0n) is 21.1. The van der Waals surface area contributed by atoms with Crippen molar-refractivity contribution < 1.29 is 14.3 Å². The second kappa shape index (κ2) is 11.2. The van der Waals surface area contributed by atoms with Crippen LogP contribution in [-0.4, -0.2) is 18.2 Å². The number of anilines is 1. The molecule has 0 unspecified atom stereocenters. The Labute approximate surface area is 217 Å². The Morgan fingerprint density at radius 3 is 2.38 bits per heavy atom. The number of amides is 1. The Balaban J connectivity index is 1.51. The van der Waals surface area contributed by atoms with Crippen molar-refractivity contribution in [1.82, 2.24) is 10.3 Å². The van der Waals surface area contributed by atoms with Crippen molar-refractivity contribution in [1.29, 1.82) is 0 Å². The van der Waals surface area contributed by atoms with Crippen LogP contribution in [-0.2, 0) is 17.9 Å². The van der Waals surface area contributed by atoms with Gasteiger partial charge in [-0.3, -0.25) is 4.98 Å². The quantitative estimate of drug-likeness (QED) is 0.320. The molecule has 0 fully saturated rings. The van der Waals surface area contributed by atoms with Crippen LogP contribution in [0.2, 0.25) is 0 Å². The predicted octanol–water partition coefficient (Wildman–Crippen LogP) is 6.46. The van der Waals surface area contributed by atoms with E-state index in [1.165, 1.54) is 5.56 Å². The minimum absolute atomic E-state index is 0.00326. The fraction of sp³-hybridized carbons (Fsp3) is 0.226. The third kappa shape index (κ3) is 5.43. The van der Waals surface area contributed by atoms with Crippen molar-refractivity contribution in [3.63, 3.8) is 0 Å². The van der Waals surface area contributed by atoms with E-state index in [4.69, 9.17) is 9.47 Å². The molecule has 0 bridgehead atoms. The van der Waals surface area contributed by atoms with Crippen LogP contribution in [0.25, 0.3) is 0 Å². The number of nitrogens with one attached hydrogen (secondary N) is 1. The van der Waals surface area contributed by atoms with Gasteiger partial charge in [0.05, 0.1) is 31.4 Å². The smallest absolute Gasteiger partial charge is 0.407 e. The van der Waals surface area contributed by atoms with Crippen LogP contribution >= 0.6 is 0 Å². The first kappa shape index (κ1) is 24.4. The SMILES string of the molecule is COc1ccc2c(c1)[C@@H](NC(=O)OCc1ccccc1)[C@H](C)[C@@H](c1ccccc1)N2Cc1ccccn1. The van der Waals surface area contributed by atoms with Crippen molar-refractivity contribution >= 4 is 11.8 Å². The van der Waals surface area contributed by atoms with Gasteiger partial charge in [-0.2, -0.15) is 0 Å². The Hall–Kier alpha value is -4.32. The lowest BCUT2D eigenvalue weighted by atomic mass is 9.79. The maximum atomic E-state index is 13.0. The van der Waals surface area contributed by atoms with Gasteiger partial charge in [-0.1, -0.05) is 73.7 Å². The summed E-state index contributed by atoms with van der Waals surface area (Å²) in [6.45, 7) is 3.02. The molecule has 6 nitrogen and oxygen atoms in total. The Bertz CT molecular complexity index is 1320. The number of aromatic nitrogens is 1. The third-order valence-electron chi connectivity index (χ3n) is 6.92. The summed E-state index contributed by atoms with van der Waals surface area (Å²) in [4.78, 5) is 20.0. The highest BCUT2D eigenvalue weighted by Crippen LogP contribution is 2.49. The number of hydrogen-bond acceptors (Lipinski definition) is 5. The van der Waals surface area contributed by atoms with E-state index >= 15 is 0 Å². The molecule has 1 aliphatic heterocycles. The lowest BCUT2D eigenvalue weighted by molar-refractivity contribution is 0.129. The lowest BCUT2D eigenvalue weighted by Gasteiger charge is -2.47. The van der Waals surface area contributed by atoms with Crippen LogP contribution < -0.4 is 15.0 Å². The number of carbonyl (C=O) groups excluding carboxylic acids is 1. The third-order valence-corrected chi connectivity index (χ3v) is 6.92. The first-order valence-electron chi connectivity index (χ1n) is 12.5. The van der Waals surface area contributed by atoms with Crippen LogP contribution in [0.3, 0.4) is 0 Å². The number of fused-ring (bicyclic) bond motifs is 1. The van der Waals surface area contributed by atoms with Gasteiger partial charge >= 0.3 is 6.09 Å². The van der Waals surface area contributed by atoms with E-state index < -0.39 is 6.09 Å². The maximum Gasteiger partial charge on any atom is 0.407 e. The molecule has 3 atom stereocenters. The summed E-state index contributed by atoms with van der Waals surface area (Å²) in [5.41, 5.74) is 5.13. The van der Waals surface area contributed by atoms with Crippen LogP contribution in [0, 0.1) is 5.92 Å². The van der Waals surface area contributed by atoms with Crippen molar-refractivity contribution in [2.75, 3.05) is 12.0 Å². The zero-order chi connectivity index (χ0) is 25.6. The van der Waals surface area contributed by atoms with E-state index in [2.05, 4.69) is 52.5 Å². The van der Waals surface area contributed by atoms with Gasteiger partial charge in [0.15, 0.2) is 0 Å². The Morgan fingerprint density at radius 1 is 0.946 bits per heavy atom. The average molecular weight is 494 g/mol. The van der Waals surface area contributed by atoms with Crippen LogP contribution in [0.4, 0.5) is 10.5 Å². The number of benzene rings is 3. The molecule has 0 saturated heterocycles. The molecule has 1 aromatic heterocycles. The summed E-state index contributed by atoms with van der Waals surface area (Å²) in [6.07, 6.45) is 1.38. The minimum atomic E-state index is -0.445. The highest BCUT2D eigenvalue weighted by molar-refractivity contribution is 5.70. The second-order valence-electron chi connectivity index (χ2n) is 9.27. The summed E-state index contributed by atoms with van der Waals surface area (Å²) in [5.74, 6) is 0.765. The monoisotopic (exact) mass is 493 g/mol. The molecule has 4 aromatic rings. The molecule has 0 radical (unpaired) electrons. The first-order valence-corrected chi connectivity index (χ1v) is 12.5. The number of nitrogens with zero attached hydrogens (tertiary/aromatic N) is 2. The molecular weight excluding hydrogens is 462 g/mol. The minimum Gasteiger partial charge on any atom is -0.497 e. The van der Waals surface area contributed by atoms with Gasteiger partial charge in [-0.05, 0) is 41.5 Å². The number of methoxy groups -OCH3 is 1. The molecule has 6 heteroatoms. The number of hydrogen-bond donors (Lipinski definition) is 1. The highest BCUT2D eigenvalue weighted by atomic mass is 16.5. The molecule has 1 N–H and O–H groups in total. The normalized spacial score (nSPS) is 18.5. The van der Waals surface area contributed by atoms with Gasteiger partial charge in [-0.25, -0.2) is 4.79 Å². The van der Waals surface area contributed by atoms with Crippen molar-refractivity contribution in [3.05, 3.63) is 126 Å². The van der Waals surface area contributed by atoms with Gasteiger partial charge in [-0.15, -0.1) is 0 Å². The molecule has 3 aromatic carbocycles.